The van der Waals surface area contributed by atoms with Crippen LogP contribution in [0.3, 0.4) is 0 Å². The van der Waals surface area contributed by atoms with Crippen molar-refractivity contribution in [2.24, 2.45) is 5.41 Å². The molecule has 0 spiro atoms. The smallest absolute Gasteiger partial charge is 0.235 e. The number of aromatic nitrogens is 3. The number of methoxy groups -OCH3 is 1. The zero-order valence-electron chi connectivity index (χ0n) is 17.5. The number of hydrogen-bond acceptors (Lipinski definition) is 4. The lowest BCUT2D eigenvalue weighted by atomic mass is 9.88. The van der Waals surface area contributed by atoms with Gasteiger partial charge < -0.3 is 4.74 Å². The Hall–Kier alpha value is -2.86. The van der Waals surface area contributed by atoms with Gasteiger partial charge in [-0.05, 0) is 41.8 Å². The third kappa shape index (κ3) is 3.67. The summed E-state index contributed by atoms with van der Waals surface area (Å²) in [6.07, 6.45) is 2.19. The molecular weight excluding hydrogens is 400 g/mol. The summed E-state index contributed by atoms with van der Waals surface area (Å²) in [7, 11) is 1.65. The highest BCUT2D eigenvalue weighted by molar-refractivity contribution is 6.30. The average Bonchev–Trinajstić information content (AvgIpc) is 3.22. The van der Waals surface area contributed by atoms with Gasteiger partial charge in [0.25, 0.3) is 0 Å². The van der Waals surface area contributed by atoms with E-state index in [0.29, 0.717) is 17.4 Å². The van der Waals surface area contributed by atoms with Crippen molar-refractivity contribution in [1.29, 1.82) is 0 Å². The van der Waals surface area contributed by atoms with E-state index in [9.17, 15) is 4.79 Å². The Balaban J connectivity index is 1.83. The summed E-state index contributed by atoms with van der Waals surface area (Å²) >= 11 is 6.12. The van der Waals surface area contributed by atoms with Gasteiger partial charge in [0.1, 0.15) is 12.1 Å². The van der Waals surface area contributed by atoms with Crippen LogP contribution in [0, 0.1) is 5.41 Å². The van der Waals surface area contributed by atoms with Crippen LogP contribution in [-0.4, -0.2) is 27.8 Å². The summed E-state index contributed by atoms with van der Waals surface area (Å²) in [5.41, 5.74) is 1.54. The Bertz CT molecular complexity index is 1040. The van der Waals surface area contributed by atoms with Gasteiger partial charge in [0.05, 0.1) is 19.2 Å². The molecule has 30 heavy (non-hydrogen) atoms. The number of nitrogens with zero attached hydrogens (tertiary/aromatic N) is 4. The van der Waals surface area contributed by atoms with E-state index in [1.165, 1.54) is 6.33 Å². The van der Waals surface area contributed by atoms with Crippen molar-refractivity contribution in [2.45, 2.75) is 39.3 Å². The van der Waals surface area contributed by atoms with Gasteiger partial charge in [-0.1, -0.05) is 56.6 Å². The SMILES string of the molecule is COc1ccc([C@H]2C[C@@H](c3ccc(Cl)cc3)N(C(=O)C(C)(C)C)c3ncnn32)cc1. The number of benzene rings is 2. The minimum absolute atomic E-state index is 0.00452. The number of anilines is 1. The topological polar surface area (TPSA) is 60.2 Å². The summed E-state index contributed by atoms with van der Waals surface area (Å²) in [5.74, 6) is 1.36. The lowest BCUT2D eigenvalue weighted by Gasteiger charge is -2.41. The maximum absolute atomic E-state index is 13.5. The van der Waals surface area contributed by atoms with Crippen LogP contribution >= 0.6 is 11.6 Å². The van der Waals surface area contributed by atoms with Gasteiger partial charge in [0.15, 0.2) is 0 Å². The lowest BCUT2D eigenvalue weighted by molar-refractivity contribution is -0.126. The molecular formula is C23H25ClN4O2. The first-order valence-corrected chi connectivity index (χ1v) is 10.3. The molecule has 2 aromatic carbocycles. The normalized spacial score (nSPS) is 18.8. The molecule has 0 saturated heterocycles. The maximum atomic E-state index is 13.5. The van der Waals surface area contributed by atoms with Crippen LogP contribution in [0.2, 0.25) is 5.02 Å². The largest absolute Gasteiger partial charge is 0.497 e. The van der Waals surface area contributed by atoms with Crippen LogP contribution < -0.4 is 9.64 Å². The third-order valence-corrected chi connectivity index (χ3v) is 5.69. The number of hydrogen-bond donors (Lipinski definition) is 0. The van der Waals surface area contributed by atoms with Crippen LogP contribution in [0.5, 0.6) is 5.75 Å². The van der Waals surface area contributed by atoms with Gasteiger partial charge in [-0.15, -0.1) is 0 Å². The highest BCUT2D eigenvalue weighted by Gasteiger charge is 2.42. The van der Waals surface area contributed by atoms with Crippen LogP contribution in [0.25, 0.3) is 0 Å². The van der Waals surface area contributed by atoms with Crippen LogP contribution in [0.4, 0.5) is 5.95 Å². The highest BCUT2D eigenvalue weighted by Crippen LogP contribution is 2.43. The molecule has 0 fully saturated rings. The molecule has 156 valence electrons. The molecule has 0 N–H and O–H groups in total. The van der Waals surface area contributed by atoms with E-state index in [0.717, 1.165) is 16.9 Å². The fourth-order valence-corrected chi connectivity index (χ4v) is 3.99. The Morgan fingerprint density at radius 3 is 2.23 bits per heavy atom. The second-order valence-electron chi connectivity index (χ2n) is 8.52. The lowest BCUT2D eigenvalue weighted by Crippen LogP contribution is -2.47. The monoisotopic (exact) mass is 424 g/mol. The van der Waals surface area contributed by atoms with Crippen molar-refractivity contribution in [3.8, 4) is 5.75 Å². The standard InChI is InChI=1S/C23H25ClN4O2/c1-23(2,3)21(29)27-19(15-5-9-17(24)10-6-15)13-20(28-22(27)25-14-26-28)16-7-11-18(30-4)12-8-16/h5-12,14,19-20H,13H2,1-4H3/t19-,20+/m0/s1. The molecule has 0 aliphatic carbocycles. The van der Waals surface area contributed by atoms with E-state index in [-0.39, 0.29) is 18.0 Å². The fraction of sp³-hybridized carbons (Fsp3) is 0.348. The number of fused-ring (bicyclic) bond motifs is 1. The Kier molecular flexibility index (Phi) is 5.28. The zero-order valence-corrected chi connectivity index (χ0v) is 18.3. The predicted octanol–water partition coefficient (Wildman–Crippen LogP) is 5.05. The van der Waals surface area contributed by atoms with Crippen molar-refractivity contribution in [3.05, 3.63) is 71.0 Å². The molecule has 1 aliphatic heterocycles. The molecule has 0 saturated carbocycles. The molecule has 0 bridgehead atoms. The first kappa shape index (κ1) is 20.4. The number of ether oxygens (including phenoxy) is 1. The molecule has 4 rings (SSSR count). The van der Waals surface area contributed by atoms with Crippen molar-refractivity contribution < 1.29 is 9.53 Å². The molecule has 2 atom stereocenters. The fourth-order valence-electron chi connectivity index (χ4n) is 3.86. The molecule has 7 heteroatoms. The van der Waals surface area contributed by atoms with Crippen LogP contribution in [-0.2, 0) is 4.79 Å². The molecule has 0 radical (unpaired) electrons. The van der Waals surface area contributed by atoms with Crippen molar-refractivity contribution in [1.82, 2.24) is 14.8 Å². The minimum atomic E-state index is -0.561. The first-order valence-electron chi connectivity index (χ1n) is 9.92. The van der Waals surface area contributed by atoms with Gasteiger partial charge in [0.2, 0.25) is 11.9 Å². The summed E-state index contributed by atoms with van der Waals surface area (Å²) in [6, 6.07) is 15.4. The minimum Gasteiger partial charge on any atom is -0.497 e. The molecule has 6 nitrogen and oxygen atoms in total. The van der Waals surface area contributed by atoms with Gasteiger partial charge in [-0.3, -0.25) is 9.69 Å². The molecule has 1 amide bonds. The predicted molar refractivity (Wildman–Crippen MR) is 117 cm³/mol. The molecule has 1 aliphatic rings. The van der Waals surface area contributed by atoms with Crippen molar-refractivity contribution in [2.75, 3.05) is 12.0 Å². The van der Waals surface area contributed by atoms with E-state index >= 15 is 0 Å². The number of rotatable bonds is 3. The second kappa shape index (κ2) is 7.76. The van der Waals surface area contributed by atoms with Crippen molar-refractivity contribution >= 4 is 23.5 Å². The summed E-state index contributed by atoms with van der Waals surface area (Å²) < 4.78 is 7.14. The zero-order chi connectivity index (χ0) is 21.5. The van der Waals surface area contributed by atoms with E-state index in [1.807, 2.05) is 74.0 Å². The number of halogens is 1. The highest BCUT2D eigenvalue weighted by atomic mass is 35.5. The summed E-state index contributed by atoms with van der Waals surface area (Å²) in [5, 5.41) is 5.14. The van der Waals surface area contributed by atoms with E-state index in [2.05, 4.69) is 10.1 Å². The van der Waals surface area contributed by atoms with Crippen LogP contribution in [0.1, 0.15) is 50.4 Å². The summed E-state index contributed by atoms with van der Waals surface area (Å²) in [6.45, 7) is 5.76. The maximum Gasteiger partial charge on any atom is 0.235 e. The van der Waals surface area contributed by atoms with Crippen molar-refractivity contribution in [3.63, 3.8) is 0 Å². The second-order valence-corrected chi connectivity index (χ2v) is 8.96. The molecule has 2 heterocycles. The van der Waals surface area contributed by atoms with E-state index < -0.39 is 5.41 Å². The Morgan fingerprint density at radius 1 is 1.03 bits per heavy atom. The quantitative estimate of drug-likeness (QED) is 0.590. The Labute approximate surface area is 181 Å². The summed E-state index contributed by atoms with van der Waals surface area (Å²) in [4.78, 5) is 19.7. The Morgan fingerprint density at radius 2 is 1.63 bits per heavy atom. The average molecular weight is 425 g/mol. The number of amides is 1. The molecule has 1 aromatic heterocycles. The number of carbonyl (C=O) groups is 1. The third-order valence-electron chi connectivity index (χ3n) is 5.44. The van der Waals surface area contributed by atoms with Gasteiger partial charge in [0, 0.05) is 10.4 Å². The van der Waals surface area contributed by atoms with Gasteiger partial charge >= 0.3 is 0 Å². The first-order chi connectivity index (χ1) is 14.3. The number of carbonyl (C=O) groups excluding carboxylic acids is 1. The van der Waals surface area contributed by atoms with Gasteiger partial charge in [-0.25, -0.2) is 4.68 Å². The molecule has 0 unspecified atom stereocenters. The molecule has 3 aromatic rings. The van der Waals surface area contributed by atoms with E-state index in [1.54, 1.807) is 12.0 Å². The van der Waals surface area contributed by atoms with Gasteiger partial charge in [-0.2, -0.15) is 10.1 Å². The van der Waals surface area contributed by atoms with Crippen LogP contribution in [0.15, 0.2) is 54.9 Å². The van der Waals surface area contributed by atoms with E-state index in [4.69, 9.17) is 16.3 Å².